The number of ether oxygens (including phenoxy) is 3. The van der Waals surface area contributed by atoms with E-state index in [2.05, 4.69) is 11.0 Å². The van der Waals surface area contributed by atoms with Crippen molar-refractivity contribution in [2.75, 3.05) is 32.9 Å². The van der Waals surface area contributed by atoms with E-state index in [1.165, 1.54) is 0 Å². The van der Waals surface area contributed by atoms with Crippen molar-refractivity contribution < 1.29 is 14.2 Å². The van der Waals surface area contributed by atoms with Crippen LogP contribution in [0, 0.1) is 0 Å². The second-order valence-electron chi connectivity index (χ2n) is 6.21. The molecule has 1 atom stereocenters. The summed E-state index contributed by atoms with van der Waals surface area (Å²) >= 11 is 0. The Bertz CT molecular complexity index is 471. The first-order valence-corrected chi connectivity index (χ1v) is 8.72. The molecule has 4 nitrogen and oxygen atoms in total. The van der Waals surface area contributed by atoms with Crippen molar-refractivity contribution in [3.8, 4) is 5.75 Å². The molecule has 0 amide bonds. The van der Waals surface area contributed by atoms with Crippen LogP contribution in [0.3, 0.4) is 0 Å². The van der Waals surface area contributed by atoms with E-state index in [1.54, 1.807) is 0 Å². The van der Waals surface area contributed by atoms with Crippen LogP contribution in [0.1, 0.15) is 25.7 Å². The van der Waals surface area contributed by atoms with Gasteiger partial charge < -0.3 is 14.2 Å². The number of benzene rings is 1. The van der Waals surface area contributed by atoms with Crippen LogP contribution >= 0.6 is 0 Å². The molecule has 1 aromatic rings. The predicted octanol–water partition coefficient (Wildman–Crippen LogP) is 3.24. The third-order valence-corrected chi connectivity index (χ3v) is 4.56. The standard InChI is InChI=1S/C19H27NO3/c1-2-6-18(7-3-1)23-15-11-20(17-9-13-21-14-10-17)16-19-8-4-5-12-22-19/h1-3,5-7,12,17,19H,4,8-11,13-16H2. The Morgan fingerprint density at radius 2 is 1.91 bits per heavy atom. The number of hydrogen-bond acceptors (Lipinski definition) is 4. The molecular weight excluding hydrogens is 290 g/mol. The molecule has 2 aliphatic heterocycles. The van der Waals surface area contributed by atoms with Crippen LogP contribution in [-0.4, -0.2) is 50.0 Å². The van der Waals surface area contributed by atoms with Gasteiger partial charge in [-0.25, -0.2) is 0 Å². The quantitative estimate of drug-likeness (QED) is 0.772. The molecule has 1 aromatic carbocycles. The highest BCUT2D eigenvalue weighted by molar-refractivity contribution is 5.20. The summed E-state index contributed by atoms with van der Waals surface area (Å²) in [7, 11) is 0. The summed E-state index contributed by atoms with van der Waals surface area (Å²) in [4.78, 5) is 2.54. The highest BCUT2D eigenvalue weighted by atomic mass is 16.5. The Balaban J connectivity index is 1.52. The Morgan fingerprint density at radius 3 is 2.65 bits per heavy atom. The van der Waals surface area contributed by atoms with Crippen molar-refractivity contribution in [2.45, 2.75) is 37.8 Å². The Kier molecular flexibility index (Phi) is 6.35. The van der Waals surface area contributed by atoms with E-state index in [0.29, 0.717) is 18.8 Å². The van der Waals surface area contributed by atoms with Crippen LogP contribution in [0.4, 0.5) is 0 Å². The van der Waals surface area contributed by atoms with Gasteiger partial charge in [-0.15, -0.1) is 0 Å². The van der Waals surface area contributed by atoms with Gasteiger partial charge in [0.25, 0.3) is 0 Å². The first kappa shape index (κ1) is 16.3. The van der Waals surface area contributed by atoms with Gasteiger partial charge in [0.1, 0.15) is 18.5 Å². The number of para-hydroxylation sites is 1. The second kappa shape index (κ2) is 8.94. The zero-order chi connectivity index (χ0) is 15.7. The number of rotatable bonds is 7. The zero-order valence-electron chi connectivity index (χ0n) is 13.7. The highest BCUT2D eigenvalue weighted by Crippen LogP contribution is 2.19. The molecule has 126 valence electrons. The number of hydrogen-bond donors (Lipinski definition) is 0. The minimum atomic E-state index is 0.305. The summed E-state index contributed by atoms with van der Waals surface area (Å²) in [6.45, 7) is 4.36. The summed E-state index contributed by atoms with van der Waals surface area (Å²) < 4.78 is 17.2. The molecule has 0 N–H and O–H groups in total. The molecular formula is C19H27NO3. The smallest absolute Gasteiger partial charge is 0.119 e. The van der Waals surface area contributed by atoms with Crippen LogP contribution < -0.4 is 4.74 Å². The van der Waals surface area contributed by atoms with Crippen molar-refractivity contribution in [2.24, 2.45) is 0 Å². The third-order valence-electron chi connectivity index (χ3n) is 4.56. The lowest BCUT2D eigenvalue weighted by atomic mass is 10.0. The van der Waals surface area contributed by atoms with Gasteiger partial charge in [0.2, 0.25) is 0 Å². The molecule has 2 heterocycles. The SMILES string of the molecule is C1=COC(CN(CCOc2ccccc2)C2CCOCC2)CC1. The van der Waals surface area contributed by atoms with Gasteiger partial charge >= 0.3 is 0 Å². The molecule has 1 fully saturated rings. The van der Waals surface area contributed by atoms with E-state index in [1.807, 2.05) is 36.6 Å². The van der Waals surface area contributed by atoms with Crippen LogP contribution in [-0.2, 0) is 9.47 Å². The van der Waals surface area contributed by atoms with Gasteiger partial charge in [-0.2, -0.15) is 0 Å². The predicted molar refractivity (Wildman–Crippen MR) is 90.6 cm³/mol. The van der Waals surface area contributed by atoms with Crippen LogP contribution in [0.15, 0.2) is 42.7 Å². The van der Waals surface area contributed by atoms with E-state index in [0.717, 1.165) is 57.7 Å². The maximum absolute atomic E-state index is 5.89. The van der Waals surface area contributed by atoms with Crippen LogP contribution in [0.2, 0.25) is 0 Å². The van der Waals surface area contributed by atoms with Crippen molar-refractivity contribution in [3.05, 3.63) is 42.7 Å². The summed E-state index contributed by atoms with van der Waals surface area (Å²) in [5.74, 6) is 0.941. The average Bonchev–Trinajstić information content (AvgIpc) is 2.63. The van der Waals surface area contributed by atoms with Gasteiger partial charge in [0, 0.05) is 32.3 Å². The summed E-state index contributed by atoms with van der Waals surface area (Å²) in [5, 5.41) is 0. The van der Waals surface area contributed by atoms with Crippen LogP contribution in [0.25, 0.3) is 0 Å². The van der Waals surface area contributed by atoms with Gasteiger partial charge in [-0.05, 0) is 43.9 Å². The molecule has 0 radical (unpaired) electrons. The molecule has 1 unspecified atom stereocenters. The molecule has 1 saturated heterocycles. The molecule has 2 aliphatic rings. The van der Waals surface area contributed by atoms with E-state index >= 15 is 0 Å². The van der Waals surface area contributed by atoms with E-state index in [9.17, 15) is 0 Å². The molecule has 23 heavy (non-hydrogen) atoms. The fourth-order valence-electron chi connectivity index (χ4n) is 3.25. The highest BCUT2D eigenvalue weighted by Gasteiger charge is 2.25. The zero-order valence-corrected chi connectivity index (χ0v) is 13.7. The lowest BCUT2D eigenvalue weighted by Gasteiger charge is -2.36. The maximum Gasteiger partial charge on any atom is 0.119 e. The first-order valence-electron chi connectivity index (χ1n) is 8.72. The number of nitrogens with zero attached hydrogens (tertiary/aromatic N) is 1. The minimum absolute atomic E-state index is 0.305. The van der Waals surface area contributed by atoms with Gasteiger partial charge in [-0.3, -0.25) is 4.90 Å². The first-order chi connectivity index (χ1) is 11.4. The van der Waals surface area contributed by atoms with E-state index in [4.69, 9.17) is 14.2 Å². The van der Waals surface area contributed by atoms with Gasteiger partial charge in [0.15, 0.2) is 0 Å². The maximum atomic E-state index is 5.89. The van der Waals surface area contributed by atoms with Crippen molar-refractivity contribution >= 4 is 0 Å². The summed E-state index contributed by atoms with van der Waals surface area (Å²) in [6.07, 6.45) is 8.70. The fourth-order valence-corrected chi connectivity index (χ4v) is 3.25. The average molecular weight is 317 g/mol. The van der Waals surface area contributed by atoms with Gasteiger partial charge in [0.05, 0.1) is 6.26 Å². The molecule has 0 saturated carbocycles. The Hall–Kier alpha value is -1.52. The van der Waals surface area contributed by atoms with Crippen molar-refractivity contribution in [3.63, 3.8) is 0 Å². The largest absolute Gasteiger partial charge is 0.497 e. The third kappa shape index (κ3) is 5.26. The summed E-state index contributed by atoms with van der Waals surface area (Å²) in [5.41, 5.74) is 0. The van der Waals surface area contributed by atoms with Gasteiger partial charge in [-0.1, -0.05) is 18.2 Å². The van der Waals surface area contributed by atoms with Crippen LogP contribution in [0.5, 0.6) is 5.75 Å². The summed E-state index contributed by atoms with van der Waals surface area (Å²) in [6, 6.07) is 10.6. The molecule has 0 spiro atoms. The lowest BCUT2D eigenvalue weighted by molar-refractivity contribution is 0.00313. The minimum Gasteiger partial charge on any atom is -0.497 e. The normalized spacial score (nSPS) is 22.0. The number of allylic oxidation sites excluding steroid dienone is 1. The molecule has 0 aromatic heterocycles. The van der Waals surface area contributed by atoms with E-state index in [-0.39, 0.29) is 0 Å². The van der Waals surface area contributed by atoms with Crippen molar-refractivity contribution in [1.29, 1.82) is 0 Å². The van der Waals surface area contributed by atoms with E-state index < -0.39 is 0 Å². The Morgan fingerprint density at radius 1 is 1.09 bits per heavy atom. The topological polar surface area (TPSA) is 30.9 Å². The second-order valence-corrected chi connectivity index (χ2v) is 6.21. The monoisotopic (exact) mass is 317 g/mol. The molecule has 0 bridgehead atoms. The fraction of sp³-hybridized carbons (Fsp3) is 0.579. The molecule has 4 heteroatoms. The Labute approximate surface area is 139 Å². The van der Waals surface area contributed by atoms with Crippen molar-refractivity contribution in [1.82, 2.24) is 4.90 Å². The lowest BCUT2D eigenvalue weighted by Crippen LogP contribution is -2.45. The molecule has 3 rings (SSSR count). The molecule has 0 aliphatic carbocycles.